The monoisotopic (exact) mass is 405 g/mol. The molecule has 1 aliphatic rings. The van der Waals surface area contributed by atoms with Gasteiger partial charge in [0.1, 0.15) is 18.0 Å². The largest absolute Gasteiger partial charge is 0.492 e. The Morgan fingerprint density at radius 1 is 1.07 bits per heavy atom. The van der Waals surface area contributed by atoms with Crippen molar-refractivity contribution in [2.24, 2.45) is 0 Å². The number of rotatable bonds is 7. The van der Waals surface area contributed by atoms with Crippen LogP contribution in [-0.2, 0) is 9.84 Å². The summed E-state index contributed by atoms with van der Waals surface area (Å²) in [6.45, 7) is 4.12. The van der Waals surface area contributed by atoms with E-state index in [0.29, 0.717) is 25.4 Å². The maximum Gasteiger partial charge on any atom is 0.293 e. The van der Waals surface area contributed by atoms with Crippen LogP contribution in [0, 0.1) is 10.1 Å². The van der Waals surface area contributed by atoms with Gasteiger partial charge in [0.15, 0.2) is 9.84 Å². The van der Waals surface area contributed by atoms with Crippen LogP contribution in [0.25, 0.3) is 0 Å². The van der Waals surface area contributed by atoms with Gasteiger partial charge in [0.05, 0.1) is 9.82 Å². The molecule has 0 unspecified atom stereocenters. The Morgan fingerprint density at radius 2 is 1.75 bits per heavy atom. The molecule has 0 aromatic heterocycles. The number of ether oxygens (including phenoxy) is 1. The third-order valence-corrected chi connectivity index (χ3v) is 5.81. The number of anilines is 1. The Morgan fingerprint density at radius 3 is 2.36 bits per heavy atom. The Labute approximate surface area is 164 Å². The lowest BCUT2D eigenvalue weighted by molar-refractivity contribution is -0.384. The highest BCUT2D eigenvalue weighted by Gasteiger charge is 2.25. The molecule has 2 aromatic carbocycles. The Hall–Kier alpha value is -2.65. The summed E-state index contributed by atoms with van der Waals surface area (Å²) in [4.78, 5) is 15.1. The molecule has 1 aliphatic heterocycles. The first-order valence-electron chi connectivity index (χ1n) is 8.98. The number of hydrogen-bond acceptors (Lipinski definition) is 7. The van der Waals surface area contributed by atoms with Crippen LogP contribution >= 0.6 is 0 Å². The first kappa shape index (κ1) is 20.1. The van der Waals surface area contributed by atoms with Crippen molar-refractivity contribution in [1.29, 1.82) is 0 Å². The molecule has 1 saturated heterocycles. The van der Waals surface area contributed by atoms with E-state index >= 15 is 0 Å². The molecule has 0 spiro atoms. The molecule has 3 rings (SSSR count). The first-order valence-corrected chi connectivity index (χ1v) is 10.9. The van der Waals surface area contributed by atoms with Crippen LogP contribution in [0.2, 0.25) is 0 Å². The molecule has 1 fully saturated rings. The number of nitro groups is 1. The average Bonchev–Trinajstić information content (AvgIpc) is 2.68. The standard InChI is InChI=1S/C19H23N3O5S/c1-28(25,26)17-7-8-18(19(15-17)22(23)24)21-11-9-20(10-12-21)13-14-27-16-5-3-2-4-6-16/h2-8,15H,9-14H2,1H3. The van der Waals surface area contributed by atoms with Gasteiger partial charge in [-0.25, -0.2) is 8.42 Å². The van der Waals surface area contributed by atoms with E-state index in [2.05, 4.69) is 4.90 Å². The number of nitro benzene ring substituents is 1. The van der Waals surface area contributed by atoms with Crippen LogP contribution < -0.4 is 9.64 Å². The zero-order valence-corrected chi connectivity index (χ0v) is 16.5. The van der Waals surface area contributed by atoms with E-state index in [1.54, 1.807) is 0 Å². The first-order chi connectivity index (χ1) is 13.3. The van der Waals surface area contributed by atoms with Crippen LogP contribution in [0.4, 0.5) is 11.4 Å². The third kappa shape index (κ3) is 4.99. The summed E-state index contributed by atoms with van der Waals surface area (Å²) in [5.41, 5.74) is 0.279. The average molecular weight is 405 g/mol. The van der Waals surface area contributed by atoms with Crippen LogP contribution in [0.5, 0.6) is 5.75 Å². The van der Waals surface area contributed by atoms with Crippen molar-refractivity contribution in [1.82, 2.24) is 4.90 Å². The van der Waals surface area contributed by atoms with Gasteiger partial charge in [-0.15, -0.1) is 0 Å². The van der Waals surface area contributed by atoms with Gasteiger partial charge in [-0.2, -0.15) is 0 Å². The molecule has 28 heavy (non-hydrogen) atoms. The SMILES string of the molecule is CS(=O)(=O)c1ccc(N2CCN(CCOc3ccccc3)CC2)c([N+](=O)[O-])c1. The fourth-order valence-electron chi connectivity index (χ4n) is 3.17. The molecule has 0 aliphatic carbocycles. The van der Waals surface area contributed by atoms with Gasteiger partial charge < -0.3 is 9.64 Å². The summed E-state index contributed by atoms with van der Waals surface area (Å²) >= 11 is 0. The summed E-state index contributed by atoms with van der Waals surface area (Å²) in [6, 6.07) is 13.7. The van der Waals surface area contributed by atoms with Gasteiger partial charge in [0.2, 0.25) is 0 Å². The van der Waals surface area contributed by atoms with E-state index in [9.17, 15) is 18.5 Å². The van der Waals surface area contributed by atoms with E-state index in [1.807, 2.05) is 35.2 Å². The molecular weight excluding hydrogens is 382 g/mol. The van der Waals surface area contributed by atoms with E-state index in [1.165, 1.54) is 12.1 Å². The van der Waals surface area contributed by atoms with Crippen LogP contribution in [0.1, 0.15) is 0 Å². The molecule has 1 heterocycles. The van der Waals surface area contributed by atoms with Gasteiger partial charge in [0, 0.05) is 45.0 Å². The zero-order valence-electron chi connectivity index (χ0n) is 15.7. The smallest absolute Gasteiger partial charge is 0.293 e. The minimum Gasteiger partial charge on any atom is -0.492 e. The van der Waals surface area contributed by atoms with Crippen molar-refractivity contribution in [3.8, 4) is 5.75 Å². The number of nitrogens with zero attached hydrogens (tertiary/aromatic N) is 3. The predicted octanol–water partition coefficient (Wildman–Crippen LogP) is 2.20. The normalized spacial score (nSPS) is 15.4. The van der Waals surface area contributed by atoms with Gasteiger partial charge >= 0.3 is 0 Å². The fraction of sp³-hybridized carbons (Fsp3) is 0.368. The van der Waals surface area contributed by atoms with Gasteiger partial charge in [-0.1, -0.05) is 18.2 Å². The maximum absolute atomic E-state index is 11.7. The summed E-state index contributed by atoms with van der Waals surface area (Å²) in [7, 11) is -3.49. The second kappa shape index (κ2) is 8.57. The second-order valence-electron chi connectivity index (χ2n) is 6.67. The molecule has 0 amide bonds. The predicted molar refractivity (Wildman–Crippen MR) is 107 cm³/mol. The fourth-order valence-corrected chi connectivity index (χ4v) is 3.81. The molecule has 8 nitrogen and oxygen atoms in total. The molecule has 0 saturated carbocycles. The highest BCUT2D eigenvalue weighted by Crippen LogP contribution is 2.31. The summed E-state index contributed by atoms with van der Waals surface area (Å²) in [5.74, 6) is 0.836. The van der Waals surface area contributed by atoms with E-state index in [-0.39, 0.29) is 10.6 Å². The molecule has 2 aromatic rings. The van der Waals surface area contributed by atoms with Crippen molar-refractivity contribution in [2.75, 3.05) is 50.5 Å². The molecule has 0 radical (unpaired) electrons. The molecular formula is C19H23N3O5S. The zero-order chi connectivity index (χ0) is 20.1. The summed E-state index contributed by atoms with van der Waals surface area (Å²) in [6.07, 6.45) is 1.04. The molecule has 150 valence electrons. The van der Waals surface area contributed by atoms with Crippen molar-refractivity contribution >= 4 is 21.2 Å². The lowest BCUT2D eigenvalue weighted by atomic mass is 10.2. The number of piperazine rings is 1. The van der Waals surface area contributed by atoms with Gasteiger partial charge in [-0.05, 0) is 24.3 Å². The molecule has 9 heteroatoms. The minimum absolute atomic E-state index is 0.0420. The topological polar surface area (TPSA) is 93.0 Å². The van der Waals surface area contributed by atoms with Crippen LogP contribution in [0.3, 0.4) is 0 Å². The highest BCUT2D eigenvalue weighted by molar-refractivity contribution is 7.90. The van der Waals surface area contributed by atoms with Crippen molar-refractivity contribution in [3.63, 3.8) is 0 Å². The van der Waals surface area contributed by atoms with E-state index in [4.69, 9.17) is 4.74 Å². The summed E-state index contributed by atoms with van der Waals surface area (Å²) in [5, 5.41) is 11.4. The minimum atomic E-state index is -3.49. The van der Waals surface area contributed by atoms with Crippen molar-refractivity contribution in [3.05, 3.63) is 58.6 Å². The Kier molecular flexibility index (Phi) is 6.15. The van der Waals surface area contributed by atoms with Gasteiger partial charge in [-0.3, -0.25) is 15.0 Å². The maximum atomic E-state index is 11.7. The third-order valence-electron chi connectivity index (χ3n) is 4.70. The highest BCUT2D eigenvalue weighted by atomic mass is 32.2. The lowest BCUT2D eigenvalue weighted by Gasteiger charge is -2.35. The molecule has 0 N–H and O–H groups in total. The second-order valence-corrected chi connectivity index (χ2v) is 8.69. The van der Waals surface area contributed by atoms with Gasteiger partial charge in [0.25, 0.3) is 5.69 Å². The van der Waals surface area contributed by atoms with Crippen LogP contribution in [0.15, 0.2) is 53.4 Å². The Balaban J connectivity index is 1.59. The molecule has 0 atom stereocenters. The quantitative estimate of drug-likeness (QED) is 0.515. The van der Waals surface area contributed by atoms with Crippen LogP contribution in [-0.4, -0.2) is 63.8 Å². The van der Waals surface area contributed by atoms with Crippen molar-refractivity contribution < 1.29 is 18.1 Å². The number of sulfone groups is 1. The van der Waals surface area contributed by atoms with E-state index < -0.39 is 14.8 Å². The van der Waals surface area contributed by atoms with E-state index in [0.717, 1.165) is 37.7 Å². The number of hydrogen-bond donors (Lipinski definition) is 0. The van der Waals surface area contributed by atoms with Crippen molar-refractivity contribution in [2.45, 2.75) is 4.90 Å². The molecule has 0 bridgehead atoms. The Bertz CT molecular complexity index is 926. The number of benzene rings is 2. The lowest BCUT2D eigenvalue weighted by Crippen LogP contribution is -2.47. The number of para-hydroxylation sites is 1. The summed E-state index contributed by atoms with van der Waals surface area (Å²) < 4.78 is 29.1.